The van der Waals surface area contributed by atoms with Gasteiger partial charge in [0.25, 0.3) is 0 Å². The van der Waals surface area contributed by atoms with Gasteiger partial charge in [0, 0.05) is 22.4 Å². The van der Waals surface area contributed by atoms with Crippen molar-refractivity contribution in [3.8, 4) is 0 Å². The number of hydrogen-bond donors (Lipinski definition) is 0. The van der Waals surface area contributed by atoms with Crippen LogP contribution in [0.4, 0.5) is 0 Å². The Kier molecular flexibility index (Phi) is 3.17. The highest BCUT2D eigenvalue weighted by Gasteiger charge is 2.11. The molecule has 94 valence electrons. The fraction of sp³-hybridized carbons (Fsp3) is 0.0667. The first kappa shape index (κ1) is 12.1. The lowest BCUT2D eigenvalue weighted by Crippen LogP contribution is -2.09. The van der Waals surface area contributed by atoms with E-state index in [1.54, 1.807) is 23.3 Å². The van der Waals surface area contributed by atoms with Crippen molar-refractivity contribution in [2.24, 2.45) is 0 Å². The number of hydrogen-bond acceptors (Lipinski definition) is 2. The van der Waals surface area contributed by atoms with Gasteiger partial charge in [0.05, 0.1) is 12.9 Å². The van der Waals surface area contributed by atoms with Crippen LogP contribution in [-0.4, -0.2) is 15.3 Å². The first-order valence-electron chi connectivity index (χ1n) is 5.91. The van der Waals surface area contributed by atoms with Crippen molar-refractivity contribution in [1.82, 2.24) is 9.55 Å². The minimum Gasteiger partial charge on any atom is -0.330 e. The van der Waals surface area contributed by atoms with Crippen LogP contribution >= 0.6 is 15.9 Å². The average molecular weight is 315 g/mol. The second-order valence-electron chi connectivity index (χ2n) is 4.33. The molecule has 4 heteroatoms. The fourth-order valence-corrected chi connectivity index (χ4v) is 2.61. The zero-order valence-electron chi connectivity index (χ0n) is 10.1. The SMILES string of the molecule is O=C(Cn1ccnc1)c1cc(Br)cc2ccccc12. The molecule has 3 nitrogen and oxygen atoms in total. The summed E-state index contributed by atoms with van der Waals surface area (Å²) in [5.74, 6) is 0.0792. The molecule has 0 saturated carbocycles. The molecule has 0 unspecified atom stereocenters. The molecule has 0 radical (unpaired) electrons. The number of carbonyl (C=O) groups excluding carboxylic acids is 1. The van der Waals surface area contributed by atoms with Gasteiger partial charge in [0.1, 0.15) is 0 Å². The van der Waals surface area contributed by atoms with Gasteiger partial charge in [0.15, 0.2) is 5.78 Å². The summed E-state index contributed by atoms with van der Waals surface area (Å²) < 4.78 is 2.69. The number of ketones is 1. The number of halogens is 1. The molecule has 3 aromatic rings. The lowest BCUT2D eigenvalue weighted by Gasteiger charge is -2.07. The number of fused-ring (bicyclic) bond motifs is 1. The maximum absolute atomic E-state index is 12.4. The normalized spacial score (nSPS) is 10.8. The Hall–Kier alpha value is -1.94. The summed E-state index contributed by atoms with van der Waals surface area (Å²) in [5, 5.41) is 2.04. The average Bonchev–Trinajstić information content (AvgIpc) is 2.90. The molecule has 0 amide bonds. The van der Waals surface area contributed by atoms with Crippen molar-refractivity contribution in [1.29, 1.82) is 0 Å². The Morgan fingerprint density at radius 2 is 2.11 bits per heavy atom. The number of rotatable bonds is 3. The van der Waals surface area contributed by atoms with Crippen molar-refractivity contribution >= 4 is 32.5 Å². The van der Waals surface area contributed by atoms with Gasteiger partial charge >= 0.3 is 0 Å². The third-order valence-electron chi connectivity index (χ3n) is 3.01. The van der Waals surface area contributed by atoms with Crippen molar-refractivity contribution < 1.29 is 4.79 Å². The first-order chi connectivity index (χ1) is 9.24. The number of carbonyl (C=O) groups is 1. The van der Waals surface area contributed by atoms with Crippen LogP contribution in [0.3, 0.4) is 0 Å². The molecule has 1 aromatic heterocycles. The quantitative estimate of drug-likeness (QED) is 0.691. The molecule has 0 N–H and O–H groups in total. The lowest BCUT2D eigenvalue weighted by atomic mass is 10.0. The predicted molar refractivity (Wildman–Crippen MR) is 78.2 cm³/mol. The summed E-state index contributed by atoms with van der Waals surface area (Å²) in [5.41, 5.74) is 0.735. The van der Waals surface area contributed by atoms with Gasteiger partial charge in [-0.3, -0.25) is 4.79 Å². The molecule has 0 saturated heterocycles. The summed E-state index contributed by atoms with van der Waals surface area (Å²) >= 11 is 3.46. The van der Waals surface area contributed by atoms with Crippen LogP contribution in [0.15, 0.2) is 59.6 Å². The summed E-state index contributed by atoms with van der Waals surface area (Å²) in [6.07, 6.45) is 5.11. The topological polar surface area (TPSA) is 34.9 Å². The third-order valence-corrected chi connectivity index (χ3v) is 3.47. The first-order valence-corrected chi connectivity index (χ1v) is 6.70. The van der Waals surface area contributed by atoms with Crippen LogP contribution in [0.1, 0.15) is 10.4 Å². The molecule has 0 atom stereocenters. The highest BCUT2D eigenvalue weighted by molar-refractivity contribution is 9.10. The van der Waals surface area contributed by atoms with Crippen molar-refractivity contribution in [2.75, 3.05) is 0 Å². The number of imidazole rings is 1. The minimum atomic E-state index is 0.0792. The Morgan fingerprint density at radius 1 is 1.26 bits per heavy atom. The molecule has 0 spiro atoms. The van der Waals surface area contributed by atoms with Gasteiger partial charge in [-0.1, -0.05) is 40.2 Å². The highest BCUT2D eigenvalue weighted by Crippen LogP contribution is 2.25. The van der Waals surface area contributed by atoms with E-state index in [9.17, 15) is 4.79 Å². The monoisotopic (exact) mass is 314 g/mol. The highest BCUT2D eigenvalue weighted by atomic mass is 79.9. The second-order valence-corrected chi connectivity index (χ2v) is 5.25. The molecular formula is C15H11BrN2O. The molecule has 0 fully saturated rings. The third kappa shape index (κ3) is 2.44. The van der Waals surface area contributed by atoms with E-state index in [2.05, 4.69) is 20.9 Å². The molecule has 0 bridgehead atoms. The van der Waals surface area contributed by atoms with Gasteiger partial charge < -0.3 is 4.57 Å². The van der Waals surface area contributed by atoms with E-state index in [1.807, 2.05) is 36.4 Å². The molecule has 1 heterocycles. The summed E-state index contributed by atoms with van der Waals surface area (Å²) in [6.45, 7) is 0.306. The minimum absolute atomic E-state index is 0.0792. The van der Waals surface area contributed by atoms with Gasteiger partial charge in [-0.25, -0.2) is 4.98 Å². The fourth-order valence-electron chi connectivity index (χ4n) is 2.14. The van der Waals surface area contributed by atoms with E-state index in [0.717, 1.165) is 20.8 Å². The van der Waals surface area contributed by atoms with E-state index in [0.29, 0.717) is 6.54 Å². The lowest BCUT2D eigenvalue weighted by molar-refractivity contribution is 0.0973. The largest absolute Gasteiger partial charge is 0.330 e. The van der Waals surface area contributed by atoms with Crippen molar-refractivity contribution in [3.05, 3.63) is 65.2 Å². The van der Waals surface area contributed by atoms with Crippen LogP contribution in [-0.2, 0) is 6.54 Å². The second kappa shape index (κ2) is 4.97. The van der Waals surface area contributed by atoms with Gasteiger partial charge in [-0.05, 0) is 22.9 Å². The Morgan fingerprint density at radius 3 is 2.89 bits per heavy atom. The van der Waals surface area contributed by atoms with Crippen LogP contribution in [0.25, 0.3) is 10.8 Å². The summed E-state index contributed by atoms with van der Waals surface area (Å²) in [4.78, 5) is 16.4. The number of Topliss-reactive ketones (excluding diaryl/α,β-unsaturated/α-hetero) is 1. The Labute approximate surface area is 119 Å². The Balaban J connectivity index is 2.06. The van der Waals surface area contributed by atoms with E-state index >= 15 is 0 Å². The van der Waals surface area contributed by atoms with E-state index in [-0.39, 0.29) is 5.78 Å². The molecule has 2 aromatic carbocycles. The van der Waals surface area contributed by atoms with E-state index in [4.69, 9.17) is 0 Å². The maximum atomic E-state index is 12.4. The van der Waals surface area contributed by atoms with Gasteiger partial charge in [-0.15, -0.1) is 0 Å². The summed E-state index contributed by atoms with van der Waals surface area (Å²) in [7, 11) is 0. The zero-order valence-corrected chi connectivity index (χ0v) is 11.7. The van der Waals surface area contributed by atoms with Crippen LogP contribution in [0, 0.1) is 0 Å². The summed E-state index contributed by atoms with van der Waals surface area (Å²) in [6, 6.07) is 11.8. The smallest absolute Gasteiger partial charge is 0.183 e. The molecule has 0 aliphatic heterocycles. The van der Waals surface area contributed by atoms with E-state index < -0.39 is 0 Å². The van der Waals surface area contributed by atoms with Gasteiger partial charge in [-0.2, -0.15) is 0 Å². The van der Waals surface area contributed by atoms with Gasteiger partial charge in [0.2, 0.25) is 0 Å². The predicted octanol–water partition coefficient (Wildman–Crippen LogP) is 3.68. The molecule has 0 aliphatic rings. The molecule has 19 heavy (non-hydrogen) atoms. The van der Waals surface area contributed by atoms with Crippen LogP contribution < -0.4 is 0 Å². The standard InChI is InChI=1S/C15H11BrN2O/c16-12-7-11-3-1-2-4-13(11)14(8-12)15(19)9-18-6-5-17-10-18/h1-8,10H,9H2. The Bertz CT molecular complexity index is 735. The van der Waals surface area contributed by atoms with Crippen molar-refractivity contribution in [3.63, 3.8) is 0 Å². The van der Waals surface area contributed by atoms with Crippen LogP contribution in [0.2, 0.25) is 0 Å². The molecule has 3 rings (SSSR count). The molecule has 0 aliphatic carbocycles. The number of nitrogens with zero attached hydrogens (tertiary/aromatic N) is 2. The zero-order chi connectivity index (χ0) is 13.2. The van der Waals surface area contributed by atoms with Crippen molar-refractivity contribution in [2.45, 2.75) is 6.54 Å². The molecular weight excluding hydrogens is 304 g/mol. The maximum Gasteiger partial charge on any atom is 0.183 e. The van der Waals surface area contributed by atoms with Crippen LogP contribution in [0.5, 0.6) is 0 Å². The number of benzene rings is 2. The van der Waals surface area contributed by atoms with E-state index in [1.165, 1.54) is 0 Å². The number of aromatic nitrogens is 2.